The van der Waals surface area contributed by atoms with Gasteiger partial charge in [-0.3, -0.25) is 0 Å². The zero-order valence-corrected chi connectivity index (χ0v) is 16.1. The van der Waals surface area contributed by atoms with E-state index in [4.69, 9.17) is 0 Å². The number of hydrogen-bond donors (Lipinski definition) is 1. The molecule has 2 heteroatoms. The van der Waals surface area contributed by atoms with Crippen LogP contribution in [0.5, 0.6) is 5.75 Å². The first-order chi connectivity index (χ1) is 12.6. The van der Waals surface area contributed by atoms with Crippen molar-refractivity contribution in [1.82, 2.24) is 4.90 Å². The molecule has 2 aromatic rings. The number of rotatable bonds is 5. The van der Waals surface area contributed by atoms with E-state index in [0.717, 1.165) is 24.3 Å². The van der Waals surface area contributed by atoms with Gasteiger partial charge >= 0.3 is 0 Å². The van der Waals surface area contributed by atoms with Crippen molar-refractivity contribution in [2.75, 3.05) is 19.6 Å². The molecule has 1 saturated heterocycles. The first-order valence-electron chi connectivity index (χ1n) is 10.1. The number of aryl methyl sites for hydroxylation is 1. The van der Waals surface area contributed by atoms with Crippen LogP contribution in [-0.4, -0.2) is 29.6 Å². The number of phenols is 1. The SMILES string of the molecule is Cc1ccc(CC2C[C@@H]3CN(CC(C)c4ccc(O)cc4)C[C@@H]3C2)cc1. The van der Waals surface area contributed by atoms with E-state index in [1.54, 1.807) is 12.1 Å². The van der Waals surface area contributed by atoms with Crippen LogP contribution in [0.25, 0.3) is 0 Å². The minimum absolute atomic E-state index is 0.358. The molecule has 2 unspecified atom stereocenters. The van der Waals surface area contributed by atoms with Crippen molar-refractivity contribution in [1.29, 1.82) is 0 Å². The average molecular weight is 350 g/mol. The molecule has 2 fully saturated rings. The minimum atomic E-state index is 0.358. The summed E-state index contributed by atoms with van der Waals surface area (Å²) in [6.45, 7) is 8.16. The molecule has 1 heterocycles. The van der Waals surface area contributed by atoms with E-state index >= 15 is 0 Å². The van der Waals surface area contributed by atoms with Crippen molar-refractivity contribution in [3.8, 4) is 5.75 Å². The molecule has 0 amide bonds. The van der Waals surface area contributed by atoms with Gasteiger partial charge in [0.25, 0.3) is 0 Å². The standard InChI is InChI=1S/C24H31NO/c1-17-3-5-19(6-4-17)11-20-12-22-15-25(16-23(22)13-20)14-18(2)21-7-9-24(26)10-8-21/h3-10,18,20,22-23,26H,11-16H2,1-2H3/t18?,20?,22-,23+. The average Bonchev–Trinajstić information content (AvgIpc) is 3.15. The summed E-state index contributed by atoms with van der Waals surface area (Å²) in [5.74, 6) is 3.56. The molecule has 138 valence electrons. The molecule has 1 N–H and O–H groups in total. The molecular formula is C24H31NO. The topological polar surface area (TPSA) is 23.5 Å². The van der Waals surface area contributed by atoms with Gasteiger partial charge in [0, 0.05) is 19.6 Å². The summed E-state index contributed by atoms with van der Waals surface area (Å²) in [6.07, 6.45) is 4.07. The number of likely N-dealkylation sites (tertiary alicyclic amines) is 1. The second kappa shape index (κ2) is 7.44. The first kappa shape index (κ1) is 17.6. The van der Waals surface area contributed by atoms with Gasteiger partial charge in [0.2, 0.25) is 0 Å². The van der Waals surface area contributed by atoms with E-state index in [2.05, 4.69) is 55.1 Å². The van der Waals surface area contributed by atoms with Gasteiger partial charge in [-0.25, -0.2) is 0 Å². The summed E-state index contributed by atoms with van der Waals surface area (Å²) in [6, 6.07) is 16.9. The van der Waals surface area contributed by atoms with Crippen molar-refractivity contribution >= 4 is 0 Å². The van der Waals surface area contributed by atoms with Gasteiger partial charge in [0.1, 0.15) is 5.75 Å². The molecule has 2 aliphatic rings. The normalized spacial score (nSPS) is 26.8. The monoisotopic (exact) mass is 349 g/mol. The van der Waals surface area contributed by atoms with Crippen LogP contribution in [0.3, 0.4) is 0 Å². The Morgan fingerprint density at radius 1 is 0.962 bits per heavy atom. The smallest absolute Gasteiger partial charge is 0.115 e. The number of aromatic hydroxyl groups is 1. The highest BCUT2D eigenvalue weighted by Gasteiger charge is 2.40. The Labute approximate surface area is 157 Å². The maximum Gasteiger partial charge on any atom is 0.115 e. The Morgan fingerprint density at radius 3 is 2.19 bits per heavy atom. The second-order valence-electron chi connectivity index (χ2n) is 8.76. The van der Waals surface area contributed by atoms with Crippen LogP contribution in [0, 0.1) is 24.7 Å². The second-order valence-corrected chi connectivity index (χ2v) is 8.76. The fourth-order valence-corrected chi connectivity index (χ4v) is 5.19. The fourth-order valence-electron chi connectivity index (χ4n) is 5.19. The number of fused-ring (bicyclic) bond motifs is 1. The molecule has 1 aliphatic carbocycles. The van der Waals surface area contributed by atoms with Gasteiger partial charge < -0.3 is 10.0 Å². The maximum atomic E-state index is 9.47. The predicted molar refractivity (Wildman–Crippen MR) is 108 cm³/mol. The van der Waals surface area contributed by atoms with Gasteiger partial charge in [-0.2, -0.15) is 0 Å². The molecule has 4 atom stereocenters. The highest BCUT2D eigenvalue weighted by molar-refractivity contribution is 5.28. The molecule has 26 heavy (non-hydrogen) atoms. The Kier molecular flexibility index (Phi) is 5.04. The molecule has 0 spiro atoms. The number of benzene rings is 2. The maximum absolute atomic E-state index is 9.47. The Balaban J connectivity index is 1.28. The predicted octanol–water partition coefficient (Wildman–Crippen LogP) is 5.00. The lowest BCUT2D eigenvalue weighted by atomic mass is 9.95. The highest BCUT2D eigenvalue weighted by Crippen LogP contribution is 2.43. The molecule has 2 nitrogen and oxygen atoms in total. The lowest BCUT2D eigenvalue weighted by molar-refractivity contribution is 0.284. The van der Waals surface area contributed by atoms with Gasteiger partial charge in [0.05, 0.1) is 0 Å². The molecule has 0 bridgehead atoms. The van der Waals surface area contributed by atoms with Crippen LogP contribution < -0.4 is 0 Å². The summed E-state index contributed by atoms with van der Waals surface area (Å²) in [5.41, 5.74) is 4.20. The van der Waals surface area contributed by atoms with Crippen molar-refractivity contribution in [3.63, 3.8) is 0 Å². The van der Waals surface area contributed by atoms with E-state index in [9.17, 15) is 5.11 Å². The summed E-state index contributed by atoms with van der Waals surface area (Å²) in [5, 5.41) is 9.47. The lowest BCUT2D eigenvalue weighted by Gasteiger charge is -2.23. The van der Waals surface area contributed by atoms with E-state index in [1.807, 2.05) is 0 Å². The van der Waals surface area contributed by atoms with Gasteiger partial charge in [-0.15, -0.1) is 0 Å². The molecule has 4 rings (SSSR count). The molecule has 0 radical (unpaired) electrons. The third kappa shape index (κ3) is 3.96. The van der Waals surface area contributed by atoms with Crippen LogP contribution in [-0.2, 0) is 6.42 Å². The largest absolute Gasteiger partial charge is 0.508 e. The summed E-state index contributed by atoms with van der Waals surface area (Å²) in [4.78, 5) is 2.68. The van der Waals surface area contributed by atoms with Crippen molar-refractivity contribution in [2.24, 2.45) is 17.8 Å². The Hall–Kier alpha value is -1.80. The van der Waals surface area contributed by atoms with Crippen molar-refractivity contribution in [3.05, 3.63) is 65.2 Å². The third-order valence-corrected chi connectivity index (χ3v) is 6.56. The summed E-state index contributed by atoms with van der Waals surface area (Å²) in [7, 11) is 0. The van der Waals surface area contributed by atoms with E-state index < -0.39 is 0 Å². The van der Waals surface area contributed by atoms with Crippen molar-refractivity contribution in [2.45, 2.75) is 39.0 Å². The minimum Gasteiger partial charge on any atom is -0.508 e. The molecule has 1 aliphatic heterocycles. The van der Waals surface area contributed by atoms with Crippen LogP contribution in [0.1, 0.15) is 42.4 Å². The lowest BCUT2D eigenvalue weighted by Crippen LogP contribution is -2.27. The summed E-state index contributed by atoms with van der Waals surface area (Å²) >= 11 is 0. The first-order valence-corrected chi connectivity index (χ1v) is 10.1. The zero-order valence-electron chi connectivity index (χ0n) is 16.1. The third-order valence-electron chi connectivity index (χ3n) is 6.56. The van der Waals surface area contributed by atoms with Gasteiger partial charge in [-0.05, 0) is 73.1 Å². The van der Waals surface area contributed by atoms with Gasteiger partial charge in [0.15, 0.2) is 0 Å². The van der Waals surface area contributed by atoms with E-state index in [1.165, 1.54) is 49.0 Å². The zero-order chi connectivity index (χ0) is 18.1. The highest BCUT2D eigenvalue weighted by atomic mass is 16.3. The number of nitrogens with zero attached hydrogens (tertiary/aromatic N) is 1. The molecule has 1 saturated carbocycles. The molecule has 2 aromatic carbocycles. The molecule has 0 aromatic heterocycles. The Morgan fingerprint density at radius 2 is 1.58 bits per heavy atom. The number of phenolic OH excluding ortho intramolecular Hbond substituents is 1. The van der Waals surface area contributed by atoms with Crippen LogP contribution in [0.2, 0.25) is 0 Å². The van der Waals surface area contributed by atoms with E-state index in [0.29, 0.717) is 11.7 Å². The Bertz CT molecular complexity index is 707. The fraction of sp³-hybridized carbons (Fsp3) is 0.500. The van der Waals surface area contributed by atoms with Crippen LogP contribution in [0.4, 0.5) is 0 Å². The van der Waals surface area contributed by atoms with Crippen LogP contribution in [0.15, 0.2) is 48.5 Å². The van der Waals surface area contributed by atoms with Crippen molar-refractivity contribution < 1.29 is 5.11 Å². The number of hydrogen-bond acceptors (Lipinski definition) is 2. The summed E-state index contributed by atoms with van der Waals surface area (Å²) < 4.78 is 0. The molecular weight excluding hydrogens is 318 g/mol. The van der Waals surface area contributed by atoms with Gasteiger partial charge in [-0.1, -0.05) is 48.9 Å². The quantitative estimate of drug-likeness (QED) is 0.820. The van der Waals surface area contributed by atoms with E-state index in [-0.39, 0.29) is 0 Å². The van der Waals surface area contributed by atoms with Crippen LogP contribution >= 0.6 is 0 Å².